The van der Waals surface area contributed by atoms with Crippen LogP contribution < -0.4 is 10.6 Å². The van der Waals surface area contributed by atoms with E-state index in [1.165, 1.54) is 29.4 Å². The number of urea groups is 1. The third kappa shape index (κ3) is 7.74. The van der Waals surface area contributed by atoms with E-state index in [2.05, 4.69) is 41.4 Å². The SMILES string of the molecule is Cc1ccc(-n2nc(C(C)(C)C)cc2NC(=O)Nc2ccc(CC3CCN(C(=O)c4cc5cnccc5nc4C(F)(F)F)CC3)cc2)cc1. The van der Waals surface area contributed by atoms with E-state index in [-0.39, 0.29) is 16.8 Å². The molecule has 3 amide bonds. The molecule has 0 saturated carbocycles. The lowest BCUT2D eigenvalue weighted by Crippen LogP contribution is -2.39. The van der Waals surface area contributed by atoms with E-state index in [1.54, 1.807) is 4.68 Å². The van der Waals surface area contributed by atoms with Gasteiger partial charge in [0.05, 0.1) is 22.5 Å². The van der Waals surface area contributed by atoms with Gasteiger partial charge in [-0.1, -0.05) is 50.6 Å². The highest BCUT2D eigenvalue weighted by Gasteiger charge is 2.39. The van der Waals surface area contributed by atoms with Gasteiger partial charge in [-0.25, -0.2) is 14.5 Å². The van der Waals surface area contributed by atoms with Gasteiger partial charge < -0.3 is 10.2 Å². The van der Waals surface area contributed by atoms with Crippen molar-refractivity contribution in [1.29, 1.82) is 0 Å². The van der Waals surface area contributed by atoms with Crippen LogP contribution in [0, 0.1) is 12.8 Å². The number of aromatic nitrogens is 4. The summed E-state index contributed by atoms with van der Waals surface area (Å²) in [5.74, 6) is 0.136. The fraction of sp³-hybridized carbons (Fsp3) is 0.324. The minimum absolute atomic E-state index is 0.139. The van der Waals surface area contributed by atoms with Crippen LogP contribution in [-0.2, 0) is 18.0 Å². The molecule has 2 aromatic carbocycles. The highest BCUT2D eigenvalue weighted by Crippen LogP contribution is 2.34. The normalized spacial score (nSPS) is 14.2. The number of aryl methyl sites for hydroxylation is 1. The van der Waals surface area contributed by atoms with Crippen LogP contribution in [0.1, 0.15) is 66.5 Å². The fourth-order valence-electron chi connectivity index (χ4n) is 5.96. The number of nitrogens with zero attached hydrogens (tertiary/aromatic N) is 5. The van der Waals surface area contributed by atoms with Crippen LogP contribution in [0.5, 0.6) is 0 Å². The van der Waals surface area contributed by atoms with Gasteiger partial charge in [-0.05, 0) is 74.1 Å². The third-order valence-electron chi connectivity index (χ3n) is 8.75. The summed E-state index contributed by atoms with van der Waals surface area (Å²) in [5.41, 5.74) is 2.79. The number of hydrogen-bond acceptors (Lipinski definition) is 5. The summed E-state index contributed by atoms with van der Waals surface area (Å²) in [7, 11) is 0. The molecule has 1 saturated heterocycles. The first kappa shape index (κ1) is 33.6. The van der Waals surface area contributed by atoms with Gasteiger partial charge >= 0.3 is 12.2 Å². The molecule has 12 heteroatoms. The number of fused-ring (bicyclic) bond motifs is 1. The zero-order chi connectivity index (χ0) is 34.9. The number of alkyl halides is 3. The lowest BCUT2D eigenvalue weighted by Gasteiger charge is -2.32. The number of likely N-dealkylation sites (tertiary alicyclic amines) is 1. The lowest BCUT2D eigenvalue weighted by atomic mass is 9.90. The van der Waals surface area contributed by atoms with Crippen molar-refractivity contribution in [3.05, 3.63) is 107 Å². The molecular formula is C37H38F3N7O2. The van der Waals surface area contributed by atoms with E-state index in [9.17, 15) is 22.8 Å². The second-order valence-electron chi connectivity index (χ2n) is 13.6. The molecule has 6 rings (SSSR count). The Morgan fingerprint density at radius 2 is 1.61 bits per heavy atom. The first-order valence-electron chi connectivity index (χ1n) is 16.2. The number of pyridine rings is 2. The lowest BCUT2D eigenvalue weighted by molar-refractivity contribution is -0.141. The number of halogens is 3. The van der Waals surface area contributed by atoms with Gasteiger partial charge in [0, 0.05) is 48.0 Å². The minimum atomic E-state index is -4.76. The number of piperidine rings is 1. The average Bonchev–Trinajstić information content (AvgIpc) is 3.49. The summed E-state index contributed by atoms with van der Waals surface area (Å²) in [5, 5.41) is 11.0. The van der Waals surface area contributed by atoms with E-state index in [0.29, 0.717) is 42.8 Å². The zero-order valence-corrected chi connectivity index (χ0v) is 27.8. The molecule has 1 aliphatic rings. The van der Waals surface area contributed by atoms with Crippen LogP contribution in [-0.4, -0.2) is 49.7 Å². The summed E-state index contributed by atoms with van der Waals surface area (Å²) >= 11 is 0. The Hall–Kier alpha value is -5.26. The number of carbonyl (C=O) groups is 2. The number of rotatable bonds is 6. The quantitative estimate of drug-likeness (QED) is 0.190. The van der Waals surface area contributed by atoms with Crippen LogP contribution in [0.3, 0.4) is 0 Å². The number of benzene rings is 2. The molecule has 0 aliphatic carbocycles. The highest BCUT2D eigenvalue weighted by molar-refractivity contribution is 6.00. The maximum Gasteiger partial charge on any atom is 0.434 e. The van der Waals surface area contributed by atoms with Crippen LogP contribution in [0.4, 0.5) is 29.5 Å². The van der Waals surface area contributed by atoms with Crippen molar-refractivity contribution in [1.82, 2.24) is 24.6 Å². The second kappa shape index (κ2) is 13.3. The van der Waals surface area contributed by atoms with Crippen molar-refractivity contribution >= 4 is 34.3 Å². The number of amides is 3. The summed E-state index contributed by atoms with van der Waals surface area (Å²) in [6, 6.07) is 19.6. The maximum atomic E-state index is 13.9. The molecular weight excluding hydrogens is 631 g/mol. The Bertz CT molecular complexity index is 1970. The molecule has 0 atom stereocenters. The van der Waals surface area contributed by atoms with Crippen LogP contribution in [0.15, 0.2) is 79.1 Å². The predicted octanol–water partition coefficient (Wildman–Crippen LogP) is 8.18. The molecule has 49 heavy (non-hydrogen) atoms. The van der Waals surface area contributed by atoms with Crippen LogP contribution >= 0.6 is 0 Å². The molecule has 254 valence electrons. The molecule has 1 aliphatic heterocycles. The molecule has 0 unspecified atom stereocenters. The second-order valence-corrected chi connectivity index (χ2v) is 13.6. The molecule has 0 bridgehead atoms. The first-order valence-corrected chi connectivity index (χ1v) is 16.2. The van der Waals surface area contributed by atoms with Gasteiger partial charge in [-0.3, -0.25) is 15.1 Å². The molecule has 1 fully saturated rings. The van der Waals surface area contributed by atoms with E-state index in [1.807, 2.05) is 61.5 Å². The summed E-state index contributed by atoms with van der Waals surface area (Å²) in [6.07, 6.45) is 0.0744. The van der Waals surface area contributed by atoms with Gasteiger partial charge in [-0.2, -0.15) is 18.3 Å². The van der Waals surface area contributed by atoms with Gasteiger partial charge in [0.1, 0.15) is 5.82 Å². The van der Waals surface area contributed by atoms with Crippen LogP contribution in [0.2, 0.25) is 0 Å². The monoisotopic (exact) mass is 669 g/mol. The fourth-order valence-corrected chi connectivity index (χ4v) is 5.96. The van der Waals surface area contributed by atoms with Crippen molar-refractivity contribution in [2.24, 2.45) is 5.92 Å². The zero-order valence-electron chi connectivity index (χ0n) is 27.8. The van der Waals surface area contributed by atoms with Crippen molar-refractivity contribution in [2.45, 2.75) is 58.5 Å². The van der Waals surface area contributed by atoms with Gasteiger partial charge in [0.25, 0.3) is 5.91 Å². The summed E-state index contributed by atoms with van der Waals surface area (Å²) in [4.78, 5) is 35.5. The molecule has 0 radical (unpaired) electrons. The van der Waals surface area contributed by atoms with E-state index < -0.39 is 29.4 Å². The Morgan fingerprint density at radius 3 is 2.27 bits per heavy atom. The number of carbonyl (C=O) groups excluding carboxylic acids is 2. The highest BCUT2D eigenvalue weighted by atomic mass is 19.4. The van der Waals surface area contributed by atoms with Crippen molar-refractivity contribution in [3.63, 3.8) is 0 Å². The first-order chi connectivity index (χ1) is 23.2. The smallest absolute Gasteiger partial charge is 0.339 e. The Kier molecular flexibility index (Phi) is 9.15. The van der Waals surface area contributed by atoms with E-state index in [4.69, 9.17) is 5.10 Å². The predicted molar refractivity (Wildman–Crippen MR) is 183 cm³/mol. The number of nitrogens with one attached hydrogen (secondary N) is 2. The largest absolute Gasteiger partial charge is 0.434 e. The standard InChI is InChI=1S/C37H38F3N7O2/c1-23-5-11-28(12-6-23)47-32(21-31(45-47)36(2,3)4)44-35(49)42-27-9-7-24(8-10-27)19-25-14-17-46(18-15-25)34(48)29-20-26-22-41-16-13-30(26)43-33(29)37(38,39)40/h5-13,16,20-22,25H,14-15,17-19H2,1-4H3,(H2,42,44,49). The Balaban J connectivity index is 1.06. The average molecular weight is 670 g/mol. The van der Waals surface area contributed by atoms with E-state index >= 15 is 0 Å². The van der Waals surface area contributed by atoms with E-state index in [0.717, 1.165) is 28.9 Å². The summed E-state index contributed by atoms with van der Waals surface area (Å²) < 4.78 is 43.3. The van der Waals surface area contributed by atoms with Gasteiger partial charge in [0.15, 0.2) is 5.69 Å². The Labute approximate surface area is 282 Å². The topological polar surface area (TPSA) is 105 Å². The molecule has 4 heterocycles. The van der Waals surface area contributed by atoms with Crippen molar-refractivity contribution in [3.8, 4) is 5.69 Å². The summed E-state index contributed by atoms with van der Waals surface area (Å²) in [6.45, 7) is 8.91. The van der Waals surface area contributed by atoms with Crippen molar-refractivity contribution in [2.75, 3.05) is 23.7 Å². The maximum absolute atomic E-state index is 13.9. The number of hydrogen-bond donors (Lipinski definition) is 2. The van der Waals surface area contributed by atoms with Gasteiger partial charge in [-0.15, -0.1) is 0 Å². The molecule has 2 N–H and O–H groups in total. The molecule has 0 spiro atoms. The molecule has 3 aromatic heterocycles. The van der Waals surface area contributed by atoms with Gasteiger partial charge in [0.2, 0.25) is 0 Å². The third-order valence-corrected chi connectivity index (χ3v) is 8.75. The Morgan fingerprint density at radius 1 is 0.918 bits per heavy atom. The van der Waals surface area contributed by atoms with Crippen molar-refractivity contribution < 1.29 is 22.8 Å². The number of anilines is 2. The minimum Gasteiger partial charge on any atom is -0.339 e. The molecule has 9 nitrogen and oxygen atoms in total. The van der Waals surface area contributed by atoms with Crippen LogP contribution in [0.25, 0.3) is 16.6 Å². The molecule has 5 aromatic rings.